The minimum atomic E-state index is -3.13. The van der Waals surface area contributed by atoms with Crippen LogP contribution in [0.4, 0.5) is 0 Å². The van der Waals surface area contributed by atoms with Gasteiger partial charge < -0.3 is 9.84 Å². The third kappa shape index (κ3) is 5.00. The zero-order chi connectivity index (χ0) is 16.2. The molecule has 7 heteroatoms. The average molecular weight is 322 g/mol. The molecular weight excluding hydrogens is 304 g/mol. The molecule has 0 radical (unpaired) electrons. The van der Waals surface area contributed by atoms with Gasteiger partial charge >= 0.3 is 0 Å². The zero-order valence-electron chi connectivity index (χ0n) is 12.5. The van der Waals surface area contributed by atoms with E-state index in [4.69, 9.17) is 4.52 Å². The van der Waals surface area contributed by atoms with Crippen molar-refractivity contribution >= 4 is 15.7 Å². The number of amides is 1. The van der Waals surface area contributed by atoms with Gasteiger partial charge in [0.1, 0.15) is 15.5 Å². The Morgan fingerprint density at radius 3 is 2.59 bits per heavy atom. The molecule has 0 unspecified atom stereocenters. The number of nitrogens with zero attached hydrogens (tertiary/aromatic N) is 1. The lowest BCUT2D eigenvalue weighted by Crippen LogP contribution is -2.25. The average Bonchev–Trinajstić information content (AvgIpc) is 2.92. The lowest BCUT2D eigenvalue weighted by atomic mass is 10.1. The smallest absolute Gasteiger partial charge is 0.221 e. The lowest BCUT2D eigenvalue weighted by molar-refractivity contribution is -0.120. The van der Waals surface area contributed by atoms with Crippen LogP contribution in [-0.2, 0) is 21.2 Å². The van der Waals surface area contributed by atoms with Crippen LogP contribution in [0.1, 0.15) is 17.7 Å². The summed E-state index contributed by atoms with van der Waals surface area (Å²) in [5.41, 5.74) is 2.65. The number of aromatic nitrogens is 1. The fourth-order valence-corrected chi connectivity index (χ4v) is 2.36. The van der Waals surface area contributed by atoms with E-state index < -0.39 is 9.84 Å². The lowest BCUT2D eigenvalue weighted by Gasteiger charge is -2.01. The van der Waals surface area contributed by atoms with E-state index >= 15 is 0 Å². The van der Waals surface area contributed by atoms with E-state index in [1.807, 2.05) is 31.2 Å². The van der Waals surface area contributed by atoms with E-state index in [0.717, 1.165) is 17.4 Å². The maximum atomic E-state index is 11.5. The van der Waals surface area contributed by atoms with Crippen molar-refractivity contribution in [3.63, 3.8) is 0 Å². The highest BCUT2D eigenvalue weighted by Gasteiger charge is 2.10. The predicted octanol–water partition coefficient (Wildman–Crippen LogP) is 1.70. The van der Waals surface area contributed by atoms with Gasteiger partial charge in [-0.1, -0.05) is 35.0 Å². The number of hydrogen-bond acceptors (Lipinski definition) is 5. The van der Waals surface area contributed by atoms with Crippen LogP contribution in [0.3, 0.4) is 0 Å². The highest BCUT2D eigenvalue weighted by molar-refractivity contribution is 7.90. The van der Waals surface area contributed by atoms with Gasteiger partial charge in [0, 0.05) is 24.3 Å². The Morgan fingerprint density at radius 2 is 1.95 bits per heavy atom. The normalized spacial score (nSPS) is 11.4. The first-order chi connectivity index (χ1) is 10.3. The molecule has 118 valence electrons. The second-order valence-electron chi connectivity index (χ2n) is 5.21. The molecule has 1 aromatic carbocycles. The SMILES string of the molecule is Cc1ccc(-c2cc(CNC(=O)CCS(C)(=O)=O)no2)cc1. The second-order valence-corrected chi connectivity index (χ2v) is 7.46. The number of sulfone groups is 1. The van der Waals surface area contributed by atoms with E-state index in [1.165, 1.54) is 0 Å². The van der Waals surface area contributed by atoms with Gasteiger partial charge in [0.2, 0.25) is 5.91 Å². The first-order valence-corrected chi connectivity index (χ1v) is 8.86. The standard InChI is InChI=1S/C15H18N2O4S/c1-11-3-5-12(6-4-11)14-9-13(17-21-14)10-16-15(18)7-8-22(2,19)20/h3-6,9H,7-8,10H2,1-2H3,(H,16,18). The maximum absolute atomic E-state index is 11.5. The summed E-state index contributed by atoms with van der Waals surface area (Å²) >= 11 is 0. The van der Waals surface area contributed by atoms with Crippen molar-refractivity contribution in [3.8, 4) is 11.3 Å². The van der Waals surface area contributed by atoms with Crippen LogP contribution in [0, 0.1) is 6.92 Å². The third-order valence-corrected chi connectivity index (χ3v) is 4.01. The van der Waals surface area contributed by atoms with Crippen molar-refractivity contribution < 1.29 is 17.7 Å². The Labute approximate surface area is 129 Å². The number of aryl methyl sites for hydroxylation is 1. The van der Waals surface area contributed by atoms with E-state index in [0.29, 0.717) is 11.5 Å². The van der Waals surface area contributed by atoms with Crippen LogP contribution in [-0.4, -0.2) is 31.5 Å². The zero-order valence-corrected chi connectivity index (χ0v) is 13.3. The summed E-state index contributed by atoms with van der Waals surface area (Å²) in [5, 5.41) is 6.51. The quantitative estimate of drug-likeness (QED) is 0.874. The van der Waals surface area contributed by atoms with E-state index in [-0.39, 0.29) is 24.6 Å². The molecule has 0 bridgehead atoms. The van der Waals surface area contributed by atoms with Gasteiger partial charge in [-0.05, 0) is 6.92 Å². The Hall–Kier alpha value is -2.15. The van der Waals surface area contributed by atoms with Crippen molar-refractivity contribution in [1.82, 2.24) is 10.5 Å². The molecule has 0 saturated heterocycles. The van der Waals surface area contributed by atoms with E-state index in [9.17, 15) is 13.2 Å². The minimum absolute atomic E-state index is 0.0541. The summed E-state index contributed by atoms with van der Waals surface area (Å²) in [6.45, 7) is 2.21. The molecule has 0 atom stereocenters. The maximum Gasteiger partial charge on any atom is 0.221 e. The molecule has 0 fully saturated rings. The molecule has 2 rings (SSSR count). The van der Waals surface area contributed by atoms with Crippen LogP contribution in [0.5, 0.6) is 0 Å². The molecule has 1 N–H and O–H groups in total. The molecule has 0 spiro atoms. The van der Waals surface area contributed by atoms with Crippen LogP contribution in [0.15, 0.2) is 34.9 Å². The summed E-state index contributed by atoms with van der Waals surface area (Å²) in [5.74, 6) is 0.136. The molecule has 22 heavy (non-hydrogen) atoms. The molecule has 0 aliphatic heterocycles. The van der Waals surface area contributed by atoms with Gasteiger partial charge in [0.15, 0.2) is 5.76 Å². The summed E-state index contributed by atoms with van der Waals surface area (Å²) < 4.78 is 27.2. The van der Waals surface area contributed by atoms with Gasteiger partial charge in [0.25, 0.3) is 0 Å². The highest BCUT2D eigenvalue weighted by Crippen LogP contribution is 2.20. The first-order valence-electron chi connectivity index (χ1n) is 6.80. The Morgan fingerprint density at radius 1 is 1.27 bits per heavy atom. The van der Waals surface area contributed by atoms with E-state index in [1.54, 1.807) is 6.07 Å². The van der Waals surface area contributed by atoms with Gasteiger partial charge in [0.05, 0.1) is 12.3 Å². The molecule has 0 aliphatic carbocycles. The fourth-order valence-electron chi connectivity index (χ4n) is 1.80. The number of hydrogen-bond donors (Lipinski definition) is 1. The molecular formula is C15H18N2O4S. The molecule has 1 aromatic heterocycles. The Bertz CT molecular complexity index is 748. The minimum Gasteiger partial charge on any atom is -0.356 e. The molecule has 0 aliphatic rings. The van der Waals surface area contributed by atoms with Crippen molar-refractivity contribution in [1.29, 1.82) is 0 Å². The monoisotopic (exact) mass is 322 g/mol. The van der Waals surface area contributed by atoms with Gasteiger partial charge in [-0.2, -0.15) is 0 Å². The highest BCUT2D eigenvalue weighted by atomic mass is 32.2. The van der Waals surface area contributed by atoms with Gasteiger partial charge in [-0.15, -0.1) is 0 Å². The van der Waals surface area contributed by atoms with Crippen LogP contribution >= 0.6 is 0 Å². The molecule has 1 amide bonds. The summed E-state index contributed by atoms with van der Waals surface area (Å²) in [6.07, 6.45) is 1.05. The molecule has 1 heterocycles. The fraction of sp³-hybridized carbons (Fsp3) is 0.333. The van der Waals surface area contributed by atoms with Crippen molar-refractivity contribution in [3.05, 3.63) is 41.6 Å². The van der Waals surface area contributed by atoms with E-state index in [2.05, 4.69) is 10.5 Å². The topological polar surface area (TPSA) is 89.3 Å². The molecule has 0 saturated carbocycles. The van der Waals surface area contributed by atoms with Crippen LogP contribution < -0.4 is 5.32 Å². The Kier molecular flexibility index (Phi) is 4.97. The summed E-state index contributed by atoms with van der Waals surface area (Å²) in [7, 11) is -3.13. The van der Waals surface area contributed by atoms with Crippen LogP contribution in [0.25, 0.3) is 11.3 Å². The summed E-state index contributed by atoms with van der Waals surface area (Å²) in [4.78, 5) is 11.5. The predicted molar refractivity (Wildman–Crippen MR) is 82.9 cm³/mol. The van der Waals surface area contributed by atoms with Crippen LogP contribution in [0.2, 0.25) is 0 Å². The number of nitrogens with one attached hydrogen (secondary N) is 1. The summed E-state index contributed by atoms with van der Waals surface area (Å²) in [6, 6.07) is 9.57. The van der Waals surface area contributed by atoms with Crippen molar-refractivity contribution in [2.24, 2.45) is 0 Å². The number of rotatable bonds is 6. The van der Waals surface area contributed by atoms with Gasteiger partial charge in [-0.25, -0.2) is 8.42 Å². The van der Waals surface area contributed by atoms with Crippen molar-refractivity contribution in [2.45, 2.75) is 19.9 Å². The molecule has 2 aromatic rings. The third-order valence-electron chi connectivity index (χ3n) is 3.06. The largest absolute Gasteiger partial charge is 0.356 e. The first kappa shape index (κ1) is 16.2. The number of carbonyl (C=O) groups is 1. The number of benzene rings is 1. The Balaban J connectivity index is 1.90. The van der Waals surface area contributed by atoms with Gasteiger partial charge in [-0.3, -0.25) is 4.79 Å². The second kappa shape index (κ2) is 6.74. The molecule has 6 nitrogen and oxygen atoms in total. The van der Waals surface area contributed by atoms with Crippen molar-refractivity contribution in [2.75, 3.05) is 12.0 Å². The number of carbonyl (C=O) groups excluding carboxylic acids is 1.